The van der Waals surface area contributed by atoms with Crippen molar-refractivity contribution in [3.8, 4) is 0 Å². The monoisotopic (exact) mass is 402 g/mol. The number of benzene rings is 1. The van der Waals surface area contributed by atoms with E-state index in [-0.39, 0.29) is 5.91 Å². The largest absolute Gasteiger partial charge is 0.425 e. The predicted octanol–water partition coefficient (Wildman–Crippen LogP) is 3.79. The Morgan fingerprint density at radius 3 is 2.93 bits per heavy atom. The molecule has 0 unspecified atom stereocenters. The van der Waals surface area contributed by atoms with Crippen molar-refractivity contribution >= 4 is 16.8 Å². The topological polar surface area (TPSA) is 83.8 Å². The fraction of sp³-hybridized carbons (Fsp3) is 0.458. The summed E-state index contributed by atoms with van der Waals surface area (Å²) in [5.74, 6) is 3.24. The Hall–Kier alpha value is -2.89. The number of carbonyl (C=O) groups is 1. The van der Waals surface area contributed by atoms with Crippen LogP contribution in [0.2, 0.25) is 0 Å². The van der Waals surface area contributed by atoms with Crippen LogP contribution in [0.4, 0.5) is 0 Å². The van der Waals surface area contributed by atoms with E-state index in [1.807, 2.05) is 24.4 Å². The lowest BCUT2D eigenvalue weighted by Crippen LogP contribution is -2.31. The SMILES string of the molecule is O=C(CCc1nnc(Cc2c[nH]c3ccccc23)o1)NC[C@H]1C[C@H]2C=C[C@H]1C21CC1. The maximum atomic E-state index is 12.3. The van der Waals surface area contributed by atoms with Crippen molar-refractivity contribution in [1.82, 2.24) is 20.5 Å². The van der Waals surface area contributed by atoms with Crippen molar-refractivity contribution < 1.29 is 9.21 Å². The van der Waals surface area contributed by atoms with Crippen LogP contribution in [0.5, 0.6) is 0 Å². The quantitative estimate of drug-likeness (QED) is 0.589. The first-order valence-electron chi connectivity index (χ1n) is 11.0. The molecule has 1 amide bonds. The molecule has 30 heavy (non-hydrogen) atoms. The molecule has 3 aromatic rings. The summed E-state index contributed by atoms with van der Waals surface area (Å²) in [6, 6.07) is 8.17. The Kier molecular flexibility index (Phi) is 4.08. The molecule has 3 atom stereocenters. The molecule has 2 bridgehead atoms. The number of allylic oxidation sites excluding steroid dienone is 2. The second-order valence-corrected chi connectivity index (χ2v) is 9.18. The molecule has 3 aliphatic rings. The number of nitrogens with one attached hydrogen (secondary N) is 2. The zero-order valence-electron chi connectivity index (χ0n) is 16.9. The molecule has 3 aliphatic carbocycles. The number of hydrogen-bond donors (Lipinski definition) is 2. The Bertz CT molecular complexity index is 1120. The third-order valence-electron chi connectivity index (χ3n) is 7.50. The highest BCUT2D eigenvalue weighted by atomic mass is 16.4. The molecule has 0 radical (unpaired) electrons. The highest BCUT2D eigenvalue weighted by molar-refractivity contribution is 5.83. The van der Waals surface area contributed by atoms with Gasteiger partial charge in [0.05, 0.1) is 6.42 Å². The summed E-state index contributed by atoms with van der Waals surface area (Å²) in [4.78, 5) is 15.6. The summed E-state index contributed by atoms with van der Waals surface area (Å²) in [5, 5.41) is 12.6. The van der Waals surface area contributed by atoms with Gasteiger partial charge in [0, 0.05) is 36.5 Å². The Morgan fingerprint density at radius 1 is 1.20 bits per heavy atom. The van der Waals surface area contributed by atoms with Crippen molar-refractivity contribution in [2.45, 2.75) is 38.5 Å². The zero-order chi connectivity index (χ0) is 20.1. The van der Waals surface area contributed by atoms with Crippen LogP contribution >= 0.6 is 0 Å². The van der Waals surface area contributed by atoms with Crippen molar-refractivity contribution in [2.75, 3.05) is 6.54 Å². The first-order valence-corrected chi connectivity index (χ1v) is 11.0. The standard InChI is InChI=1S/C24H26N4O2/c29-21(26-14-16-11-17-5-6-19(16)24(17)9-10-24)7-8-22-27-28-23(30-22)12-15-13-25-20-4-2-1-3-18(15)20/h1-6,13,16-17,19,25H,7-12,14H2,(H,26,29)/t16-,17-,19-/m1/s1. The maximum Gasteiger partial charge on any atom is 0.221 e. The van der Waals surface area contributed by atoms with Crippen molar-refractivity contribution in [2.24, 2.45) is 23.2 Å². The first-order chi connectivity index (χ1) is 14.7. The molecule has 2 heterocycles. The van der Waals surface area contributed by atoms with E-state index >= 15 is 0 Å². The van der Waals surface area contributed by atoms with Gasteiger partial charge in [0.15, 0.2) is 0 Å². The average Bonchev–Trinajstić information content (AvgIpc) is 3.01. The molecule has 1 aromatic carbocycles. The minimum absolute atomic E-state index is 0.0722. The molecule has 154 valence electrons. The lowest BCUT2D eigenvalue weighted by Gasteiger charge is -2.20. The van der Waals surface area contributed by atoms with E-state index in [0.29, 0.717) is 48.3 Å². The number of fused-ring (bicyclic) bond motifs is 1. The molecule has 1 spiro atoms. The van der Waals surface area contributed by atoms with Crippen molar-refractivity contribution in [3.63, 3.8) is 0 Å². The van der Waals surface area contributed by atoms with Crippen LogP contribution < -0.4 is 5.32 Å². The number of aromatic amines is 1. The van der Waals surface area contributed by atoms with Gasteiger partial charge in [0.1, 0.15) is 0 Å². The number of nitrogens with zero attached hydrogens (tertiary/aromatic N) is 2. The third-order valence-corrected chi connectivity index (χ3v) is 7.50. The van der Waals surface area contributed by atoms with Crippen LogP contribution in [0.25, 0.3) is 10.9 Å². The van der Waals surface area contributed by atoms with Crippen LogP contribution in [0, 0.1) is 23.2 Å². The van der Waals surface area contributed by atoms with Gasteiger partial charge in [-0.15, -0.1) is 10.2 Å². The molecule has 6 rings (SSSR count). The van der Waals surface area contributed by atoms with Gasteiger partial charge in [-0.2, -0.15) is 0 Å². The van der Waals surface area contributed by atoms with Crippen LogP contribution in [0.3, 0.4) is 0 Å². The Balaban J connectivity index is 1.00. The number of hydrogen-bond acceptors (Lipinski definition) is 4. The van der Waals surface area contributed by atoms with Crippen LogP contribution in [0.1, 0.15) is 43.0 Å². The van der Waals surface area contributed by atoms with Crippen molar-refractivity contribution in [1.29, 1.82) is 0 Å². The number of carbonyl (C=O) groups excluding carboxylic acids is 1. The molecule has 2 fully saturated rings. The molecule has 2 saturated carbocycles. The second kappa shape index (κ2) is 6.83. The molecular formula is C24H26N4O2. The summed E-state index contributed by atoms with van der Waals surface area (Å²) in [7, 11) is 0. The molecule has 6 heteroatoms. The minimum Gasteiger partial charge on any atom is -0.425 e. The van der Waals surface area contributed by atoms with E-state index in [1.54, 1.807) is 0 Å². The fourth-order valence-corrected chi connectivity index (χ4v) is 5.81. The van der Waals surface area contributed by atoms with Gasteiger partial charge in [0.2, 0.25) is 17.7 Å². The first kappa shape index (κ1) is 17.9. The van der Waals surface area contributed by atoms with Gasteiger partial charge in [-0.05, 0) is 54.1 Å². The highest BCUT2D eigenvalue weighted by Crippen LogP contribution is 2.69. The van der Waals surface area contributed by atoms with E-state index in [1.165, 1.54) is 24.6 Å². The fourth-order valence-electron chi connectivity index (χ4n) is 5.81. The van der Waals surface area contributed by atoms with Gasteiger partial charge in [-0.3, -0.25) is 4.79 Å². The van der Waals surface area contributed by atoms with Crippen molar-refractivity contribution in [3.05, 3.63) is 60.0 Å². The van der Waals surface area contributed by atoms with E-state index in [9.17, 15) is 4.79 Å². The zero-order valence-corrected chi connectivity index (χ0v) is 16.9. The molecule has 0 saturated heterocycles. The minimum atomic E-state index is 0.0722. The smallest absolute Gasteiger partial charge is 0.221 e. The van der Waals surface area contributed by atoms with E-state index in [2.05, 4.69) is 38.7 Å². The molecule has 6 nitrogen and oxygen atoms in total. The van der Waals surface area contributed by atoms with Crippen LogP contribution in [-0.2, 0) is 17.6 Å². The molecule has 0 aliphatic heterocycles. The average molecular weight is 402 g/mol. The van der Waals surface area contributed by atoms with Crippen LogP contribution in [-0.4, -0.2) is 27.6 Å². The number of para-hydroxylation sites is 1. The molecule has 2 N–H and O–H groups in total. The summed E-state index contributed by atoms with van der Waals surface area (Å²) < 4.78 is 5.78. The molecule has 2 aromatic heterocycles. The van der Waals surface area contributed by atoms with Crippen LogP contribution in [0.15, 0.2) is 47.0 Å². The van der Waals surface area contributed by atoms with E-state index in [0.717, 1.165) is 23.5 Å². The summed E-state index contributed by atoms with van der Waals surface area (Å²) in [6.45, 7) is 0.793. The second-order valence-electron chi connectivity index (χ2n) is 9.18. The van der Waals surface area contributed by atoms with E-state index in [4.69, 9.17) is 4.42 Å². The van der Waals surface area contributed by atoms with Gasteiger partial charge in [-0.25, -0.2) is 0 Å². The number of aromatic nitrogens is 3. The van der Waals surface area contributed by atoms with Gasteiger partial charge < -0.3 is 14.7 Å². The summed E-state index contributed by atoms with van der Waals surface area (Å²) >= 11 is 0. The lowest BCUT2D eigenvalue weighted by molar-refractivity contribution is -0.121. The van der Waals surface area contributed by atoms with Gasteiger partial charge >= 0.3 is 0 Å². The number of H-pyrrole nitrogens is 1. The highest BCUT2D eigenvalue weighted by Gasteiger charge is 2.62. The maximum absolute atomic E-state index is 12.3. The number of amides is 1. The van der Waals surface area contributed by atoms with Gasteiger partial charge in [0.25, 0.3) is 0 Å². The Morgan fingerprint density at radius 2 is 2.07 bits per heavy atom. The number of rotatable bonds is 7. The Labute approximate surface area is 175 Å². The predicted molar refractivity (Wildman–Crippen MR) is 113 cm³/mol. The third kappa shape index (κ3) is 2.97. The lowest BCUT2D eigenvalue weighted by atomic mass is 9.89. The van der Waals surface area contributed by atoms with E-state index < -0.39 is 0 Å². The summed E-state index contributed by atoms with van der Waals surface area (Å²) in [6.07, 6.45) is 12.2. The van der Waals surface area contributed by atoms with Gasteiger partial charge in [-0.1, -0.05) is 30.4 Å². The summed E-state index contributed by atoms with van der Waals surface area (Å²) in [5.41, 5.74) is 2.81. The normalized spacial score (nSPS) is 25.4. The number of aryl methyl sites for hydroxylation is 1. The molecular weight excluding hydrogens is 376 g/mol.